The summed E-state index contributed by atoms with van der Waals surface area (Å²) in [5.41, 5.74) is 2.52. The summed E-state index contributed by atoms with van der Waals surface area (Å²) in [5, 5.41) is 22.1. The van der Waals surface area contributed by atoms with E-state index in [2.05, 4.69) is 22.4 Å². The molecule has 1 unspecified atom stereocenters. The predicted octanol–water partition coefficient (Wildman–Crippen LogP) is 4.76. The number of halogens is 2. The number of nitrogens with one attached hydrogen (secondary N) is 1. The monoisotopic (exact) mass is 496 g/mol. The number of aliphatic hydroxyl groups is 1. The number of hydrogen-bond acceptors (Lipinski definition) is 4. The lowest BCUT2D eigenvalue weighted by molar-refractivity contribution is 0.142. The van der Waals surface area contributed by atoms with Gasteiger partial charge in [-0.25, -0.2) is 9.18 Å². The van der Waals surface area contributed by atoms with Crippen LogP contribution in [0.2, 0.25) is 5.02 Å². The van der Waals surface area contributed by atoms with Gasteiger partial charge in [-0.05, 0) is 79.3 Å². The van der Waals surface area contributed by atoms with E-state index in [1.807, 2.05) is 23.1 Å². The highest BCUT2D eigenvalue weighted by Gasteiger charge is 2.58. The topological polar surface area (TPSA) is 79.6 Å². The van der Waals surface area contributed by atoms with Crippen molar-refractivity contribution in [1.29, 1.82) is 5.26 Å². The van der Waals surface area contributed by atoms with Crippen molar-refractivity contribution in [2.75, 3.05) is 31.5 Å². The zero-order chi connectivity index (χ0) is 24.6. The largest absolute Gasteiger partial charge is 0.392 e. The highest BCUT2D eigenvalue weighted by atomic mass is 35.5. The number of carbonyl (C=O) groups is 1. The van der Waals surface area contributed by atoms with Gasteiger partial charge in [0.25, 0.3) is 0 Å². The molecule has 35 heavy (non-hydrogen) atoms. The van der Waals surface area contributed by atoms with Crippen molar-refractivity contribution in [3.8, 4) is 6.07 Å². The van der Waals surface area contributed by atoms with E-state index in [1.54, 1.807) is 0 Å². The van der Waals surface area contributed by atoms with Gasteiger partial charge in [0.1, 0.15) is 5.82 Å². The number of fused-ring (bicyclic) bond motifs is 1. The van der Waals surface area contributed by atoms with Crippen molar-refractivity contribution < 1.29 is 14.3 Å². The fraction of sp³-hybridized carbons (Fsp3) is 0.481. The van der Waals surface area contributed by atoms with Gasteiger partial charge in [0.2, 0.25) is 0 Å². The van der Waals surface area contributed by atoms with Crippen LogP contribution in [0, 0.1) is 23.1 Å². The molecule has 1 saturated heterocycles. The number of benzene rings is 2. The summed E-state index contributed by atoms with van der Waals surface area (Å²) in [4.78, 5) is 17.5. The van der Waals surface area contributed by atoms with E-state index in [9.17, 15) is 19.6 Å². The number of anilines is 1. The maximum Gasteiger partial charge on any atom is 0.322 e. The van der Waals surface area contributed by atoms with Crippen molar-refractivity contribution >= 4 is 23.3 Å². The SMILES string of the molecule is N#Cc1cccc([C@]23CC[C@@H](N(CCN4CC[C@H](O)C4)C(=O)Nc4ccc(F)c(Cl)c4)CC2C3)c1. The van der Waals surface area contributed by atoms with Crippen LogP contribution in [0.1, 0.15) is 43.2 Å². The first kappa shape index (κ1) is 24.1. The lowest BCUT2D eigenvalue weighted by Crippen LogP contribution is -2.48. The third-order valence-corrected chi connectivity index (χ3v) is 8.35. The van der Waals surface area contributed by atoms with Gasteiger partial charge < -0.3 is 15.3 Å². The molecule has 184 valence electrons. The molecule has 0 spiro atoms. The fourth-order valence-electron chi connectivity index (χ4n) is 6.03. The molecule has 4 atom stereocenters. The summed E-state index contributed by atoms with van der Waals surface area (Å²) >= 11 is 5.92. The lowest BCUT2D eigenvalue weighted by Gasteiger charge is -2.37. The fourth-order valence-corrected chi connectivity index (χ4v) is 6.21. The average molecular weight is 497 g/mol. The van der Waals surface area contributed by atoms with Crippen LogP contribution in [-0.2, 0) is 5.41 Å². The number of likely N-dealkylation sites (tertiary alicyclic amines) is 1. The minimum Gasteiger partial charge on any atom is -0.392 e. The maximum absolute atomic E-state index is 13.6. The standard InChI is InChI=1S/C27H30ClFN4O2/c28-24-14-21(4-5-25(24)29)31-26(35)33(11-10-32-9-7-23(34)17-32)22-6-8-27(15-20(27)13-22)19-3-1-2-18(12-19)16-30/h1-5,12,14,20,22-23,34H,6-11,13,15,17H2,(H,31,35)/t20?,22-,23+,27-/m1/s1. The highest BCUT2D eigenvalue weighted by Crippen LogP contribution is 2.62. The molecular weight excluding hydrogens is 467 g/mol. The van der Waals surface area contributed by atoms with E-state index < -0.39 is 5.82 Å². The van der Waals surface area contributed by atoms with E-state index in [1.165, 1.54) is 23.8 Å². The molecule has 2 aliphatic carbocycles. The molecule has 8 heteroatoms. The summed E-state index contributed by atoms with van der Waals surface area (Å²) in [6.07, 6.45) is 4.32. The van der Waals surface area contributed by atoms with Crippen LogP contribution >= 0.6 is 11.6 Å². The second-order valence-electron chi connectivity index (χ2n) is 10.2. The van der Waals surface area contributed by atoms with Crippen LogP contribution in [-0.4, -0.2) is 59.3 Å². The Hall–Kier alpha value is -2.66. The molecule has 0 aromatic heterocycles. The van der Waals surface area contributed by atoms with E-state index in [-0.39, 0.29) is 28.6 Å². The van der Waals surface area contributed by atoms with Crippen molar-refractivity contribution in [2.24, 2.45) is 5.92 Å². The Balaban J connectivity index is 1.29. The quantitative estimate of drug-likeness (QED) is 0.604. The molecule has 2 amide bonds. The number of urea groups is 1. The van der Waals surface area contributed by atoms with Crippen LogP contribution in [0.5, 0.6) is 0 Å². The van der Waals surface area contributed by atoms with Crippen LogP contribution in [0.4, 0.5) is 14.9 Å². The molecule has 2 aromatic rings. The Morgan fingerprint density at radius 2 is 2.17 bits per heavy atom. The van der Waals surface area contributed by atoms with Gasteiger partial charge in [-0.1, -0.05) is 23.7 Å². The molecule has 5 rings (SSSR count). The molecule has 3 aliphatic rings. The lowest BCUT2D eigenvalue weighted by atomic mass is 9.80. The van der Waals surface area contributed by atoms with Crippen molar-refractivity contribution in [1.82, 2.24) is 9.80 Å². The zero-order valence-corrected chi connectivity index (χ0v) is 20.3. The minimum atomic E-state index is -0.521. The minimum absolute atomic E-state index is 0.0274. The van der Waals surface area contributed by atoms with Crippen LogP contribution < -0.4 is 5.32 Å². The molecule has 1 aliphatic heterocycles. The van der Waals surface area contributed by atoms with E-state index >= 15 is 0 Å². The Morgan fingerprint density at radius 1 is 1.31 bits per heavy atom. The normalized spacial score (nSPS) is 27.7. The number of aliphatic hydroxyl groups excluding tert-OH is 1. The van der Waals surface area contributed by atoms with Crippen molar-refractivity contribution in [2.45, 2.75) is 49.7 Å². The number of rotatable bonds is 6. The average Bonchev–Trinajstić information content (AvgIpc) is 3.46. The second kappa shape index (κ2) is 9.77. The molecule has 3 fully saturated rings. The first-order valence-corrected chi connectivity index (χ1v) is 12.7. The number of nitriles is 1. The first-order chi connectivity index (χ1) is 16.9. The number of carbonyl (C=O) groups excluding carboxylic acids is 1. The van der Waals surface area contributed by atoms with Gasteiger partial charge in [0, 0.05) is 37.9 Å². The molecule has 2 aromatic carbocycles. The Labute approximate surface area is 210 Å². The summed E-state index contributed by atoms with van der Waals surface area (Å²) in [7, 11) is 0. The Bertz CT molecular complexity index is 1150. The van der Waals surface area contributed by atoms with E-state index in [0.717, 1.165) is 38.6 Å². The Morgan fingerprint density at radius 3 is 2.89 bits per heavy atom. The first-order valence-electron chi connectivity index (χ1n) is 12.3. The van der Waals surface area contributed by atoms with Crippen LogP contribution in [0.25, 0.3) is 0 Å². The highest BCUT2D eigenvalue weighted by molar-refractivity contribution is 6.31. The van der Waals surface area contributed by atoms with Gasteiger partial charge in [0.15, 0.2) is 0 Å². The van der Waals surface area contributed by atoms with Gasteiger partial charge in [-0.2, -0.15) is 5.26 Å². The third kappa shape index (κ3) is 5.02. The molecule has 2 N–H and O–H groups in total. The number of hydrogen-bond donors (Lipinski definition) is 2. The third-order valence-electron chi connectivity index (χ3n) is 8.06. The number of amides is 2. The zero-order valence-electron chi connectivity index (χ0n) is 19.6. The van der Waals surface area contributed by atoms with Gasteiger partial charge in [0.05, 0.1) is 22.8 Å². The number of nitrogens with zero attached hydrogens (tertiary/aromatic N) is 3. The molecule has 6 nitrogen and oxygen atoms in total. The Kier molecular flexibility index (Phi) is 6.71. The van der Waals surface area contributed by atoms with Gasteiger partial charge >= 0.3 is 6.03 Å². The summed E-state index contributed by atoms with van der Waals surface area (Å²) in [6.45, 7) is 2.72. The van der Waals surface area contributed by atoms with Gasteiger partial charge in [-0.15, -0.1) is 0 Å². The smallest absolute Gasteiger partial charge is 0.322 e. The molecule has 0 radical (unpaired) electrons. The number of β-amino-alcohol motifs (C(OH)–C–C–N with tert-alkyl or cyclic N) is 1. The molecule has 2 saturated carbocycles. The second-order valence-corrected chi connectivity index (χ2v) is 10.6. The molecule has 0 bridgehead atoms. The summed E-state index contributed by atoms with van der Waals surface area (Å²) < 4.78 is 13.6. The van der Waals surface area contributed by atoms with Gasteiger partial charge in [-0.3, -0.25) is 4.90 Å². The van der Waals surface area contributed by atoms with Crippen LogP contribution in [0.15, 0.2) is 42.5 Å². The summed E-state index contributed by atoms with van der Waals surface area (Å²) in [6, 6.07) is 14.3. The van der Waals surface area contributed by atoms with Crippen molar-refractivity contribution in [3.63, 3.8) is 0 Å². The predicted molar refractivity (Wildman–Crippen MR) is 133 cm³/mol. The summed E-state index contributed by atoms with van der Waals surface area (Å²) in [5.74, 6) is -0.0358. The molecular formula is C27H30ClFN4O2. The van der Waals surface area contributed by atoms with E-state index in [0.29, 0.717) is 36.8 Å². The maximum atomic E-state index is 13.6. The van der Waals surface area contributed by atoms with E-state index in [4.69, 9.17) is 11.6 Å². The van der Waals surface area contributed by atoms with Crippen molar-refractivity contribution in [3.05, 3.63) is 64.4 Å². The van der Waals surface area contributed by atoms with Crippen LogP contribution in [0.3, 0.4) is 0 Å². The molecule has 1 heterocycles.